The van der Waals surface area contributed by atoms with Gasteiger partial charge in [0, 0.05) is 31.4 Å². The first-order valence-corrected chi connectivity index (χ1v) is 6.54. The van der Waals surface area contributed by atoms with Crippen molar-refractivity contribution in [3.63, 3.8) is 0 Å². The topological polar surface area (TPSA) is 47.4 Å². The van der Waals surface area contributed by atoms with Gasteiger partial charge in [-0.05, 0) is 13.3 Å². The lowest BCUT2D eigenvalue weighted by atomic mass is 10.1. The molecule has 1 amide bonds. The van der Waals surface area contributed by atoms with Crippen molar-refractivity contribution in [1.29, 1.82) is 0 Å². The Labute approximate surface area is 108 Å². The van der Waals surface area contributed by atoms with Crippen LogP contribution in [-0.4, -0.2) is 46.9 Å². The third kappa shape index (κ3) is 2.41. The van der Waals surface area contributed by atoms with Crippen LogP contribution in [0.3, 0.4) is 0 Å². The van der Waals surface area contributed by atoms with Crippen LogP contribution in [0.25, 0.3) is 0 Å². The van der Waals surface area contributed by atoms with Gasteiger partial charge in [-0.15, -0.1) is 0 Å². The fourth-order valence-electron chi connectivity index (χ4n) is 2.29. The average Bonchev–Trinajstić information content (AvgIpc) is 2.68. The van der Waals surface area contributed by atoms with Gasteiger partial charge in [-0.2, -0.15) is 5.10 Å². The highest BCUT2D eigenvalue weighted by molar-refractivity contribution is 5.94. The molecule has 100 valence electrons. The van der Waals surface area contributed by atoms with Crippen LogP contribution in [0.15, 0.2) is 0 Å². The Morgan fingerprint density at radius 1 is 1.39 bits per heavy atom. The highest BCUT2D eigenvalue weighted by Gasteiger charge is 2.25. The van der Waals surface area contributed by atoms with E-state index in [0.29, 0.717) is 32.0 Å². The van der Waals surface area contributed by atoms with Crippen molar-refractivity contribution in [3.8, 4) is 0 Å². The molecule has 0 aromatic carbocycles. The molecule has 1 aliphatic rings. The van der Waals surface area contributed by atoms with Gasteiger partial charge in [-0.25, -0.2) is 0 Å². The van der Waals surface area contributed by atoms with Gasteiger partial charge in [0.15, 0.2) is 5.69 Å². The van der Waals surface area contributed by atoms with Gasteiger partial charge < -0.3 is 9.64 Å². The second-order valence-electron chi connectivity index (χ2n) is 4.69. The van der Waals surface area contributed by atoms with Gasteiger partial charge >= 0.3 is 0 Å². The summed E-state index contributed by atoms with van der Waals surface area (Å²) in [5.74, 6) is 0.0467. The van der Waals surface area contributed by atoms with Crippen LogP contribution in [0, 0.1) is 6.92 Å². The number of aromatic nitrogens is 2. The number of carbonyl (C=O) groups excluding carboxylic acids is 1. The fourth-order valence-corrected chi connectivity index (χ4v) is 2.29. The molecule has 0 bridgehead atoms. The molecule has 0 radical (unpaired) electrons. The maximum absolute atomic E-state index is 12.5. The Balaban J connectivity index is 2.25. The van der Waals surface area contributed by atoms with Gasteiger partial charge in [0.25, 0.3) is 5.91 Å². The summed E-state index contributed by atoms with van der Waals surface area (Å²) in [6.45, 7) is 6.73. The molecular weight excluding hydrogens is 230 g/mol. The average molecular weight is 251 g/mol. The number of hydrogen-bond acceptors (Lipinski definition) is 3. The Bertz CT molecular complexity index is 434. The number of hydrogen-bond donors (Lipinski definition) is 0. The van der Waals surface area contributed by atoms with Crippen LogP contribution >= 0.6 is 0 Å². The van der Waals surface area contributed by atoms with Crippen molar-refractivity contribution in [2.75, 3.05) is 26.3 Å². The zero-order valence-corrected chi connectivity index (χ0v) is 11.4. The third-order valence-corrected chi connectivity index (χ3v) is 3.46. The second kappa shape index (κ2) is 5.52. The summed E-state index contributed by atoms with van der Waals surface area (Å²) >= 11 is 0. The van der Waals surface area contributed by atoms with Crippen LogP contribution in [0.5, 0.6) is 0 Å². The molecule has 0 aliphatic carbocycles. The zero-order chi connectivity index (χ0) is 13.1. The SMILES string of the molecule is CCCc1c(C(=O)N2CCOCC2)nn(C)c1C. The summed E-state index contributed by atoms with van der Waals surface area (Å²) in [7, 11) is 1.89. The summed E-state index contributed by atoms with van der Waals surface area (Å²) in [5.41, 5.74) is 2.81. The number of nitrogens with zero attached hydrogens (tertiary/aromatic N) is 3. The van der Waals surface area contributed by atoms with E-state index >= 15 is 0 Å². The molecule has 0 saturated carbocycles. The van der Waals surface area contributed by atoms with E-state index in [0.717, 1.165) is 24.1 Å². The number of aryl methyl sites for hydroxylation is 1. The highest BCUT2D eigenvalue weighted by atomic mass is 16.5. The molecule has 5 nitrogen and oxygen atoms in total. The number of ether oxygens (including phenoxy) is 1. The Kier molecular flexibility index (Phi) is 4.01. The van der Waals surface area contributed by atoms with E-state index in [1.807, 2.05) is 18.9 Å². The Hall–Kier alpha value is -1.36. The lowest BCUT2D eigenvalue weighted by Gasteiger charge is -2.26. The third-order valence-electron chi connectivity index (χ3n) is 3.46. The van der Waals surface area contributed by atoms with Crippen molar-refractivity contribution in [3.05, 3.63) is 17.0 Å². The predicted octanol–water partition coefficient (Wildman–Crippen LogP) is 1.15. The number of amides is 1. The summed E-state index contributed by atoms with van der Waals surface area (Å²) in [4.78, 5) is 14.3. The largest absolute Gasteiger partial charge is 0.378 e. The summed E-state index contributed by atoms with van der Waals surface area (Å²) < 4.78 is 7.08. The minimum absolute atomic E-state index is 0.0467. The monoisotopic (exact) mass is 251 g/mol. The Morgan fingerprint density at radius 3 is 2.67 bits per heavy atom. The normalized spacial score (nSPS) is 16.1. The molecule has 0 spiro atoms. The molecule has 18 heavy (non-hydrogen) atoms. The van der Waals surface area contributed by atoms with E-state index in [1.54, 1.807) is 4.68 Å². The second-order valence-corrected chi connectivity index (χ2v) is 4.69. The van der Waals surface area contributed by atoms with E-state index in [4.69, 9.17) is 4.74 Å². The molecule has 0 unspecified atom stereocenters. The van der Waals surface area contributed by atoms with Crippen molar-refractivity contribution in [1.82, 2.24) is 14.7 Å². The lowest BCUT2D eigenvalue weighted by Crippen LogP contribution is -2.41. The molecule has 2 rings (SSSR count). The zero-order valence-electron chi connectivity index (χ0n) is 11.4. The van der Waals surface area contributed by atoms with Gasteiger partial charge in [0.05, 0.1) is 13.2 Å². The van der Waals surface area contributed by atoms with Gasteiger partial charge in [-0.3, -0.25) is 9.48 Å². The molecule has 1 saturated heterocycles. The number of morpholine rings is 1. The van der Waals surface area contributed by atoms with Crippen molar-refractivity contribution < 1.29 is 9.53 Å². The molecule has 1 fully saturated rings. The molecule has 5 heteroatoms. The van der Waals surface area contributed by atoms with E-state index in [1.165, 1.54) is 0 Å². The fraction of sp³-hybridized carbons (Fsp3) is 0.692. The van der Waals surface area contributed by atoms with Crippen molar-refractivity contribution in [2.45, 2.75) is 26.7 Å². The quantitative estimate of drug-likeness (QED) is 0.809. The molecular formula is C13H21N3O2. The minimum atomic E-state index is 0.0467. The van der Waals surface area contributed by atoms with Gasteiger partial charge in [0.2, 0.25) is 0 Å². The predicted molar refractivity (Wildman–Crippen MR) is 68.7 cm³/mol. The van der Waals surface area contributed by atoms with Crippen molar-refractivity contribution >= 4 is 5.91 Å². The maximum Gasteiger partial charge on any atom is 0.274 e. The number of rotatable bonds is 3. The summed E-state index contributed by atoms with van der Waals surface area (Å²) in [6.07, 6.45) is 1.93. The molecule has 0 N–H and O–H groups in total. The van der Waals surface area contributed by atoms with E-state index in [9.17, 15) is 4.79 Å². The standard InChI is InChI=1S/C13H21N3O2/c1-4-5-11-10(2)15(3)14-12(11)13(17)16-6-8-18-9-7-16/h4-9H2,1-3H3. The van der Waals surface area contributed by atoms with Crippen LogP contribution in [-0.2, 0) is 18.2 Å². The minimum Gasteiger partial charge on any atom is -0.378 e. The highest BCUT2D eigenvalue weighted by Crippen LogP contribution is 2.17. The Morgan fingerprint density at radius 2 is 2.06 bits per heavy atom. The van der Waals surface area contributed by atoms with E-state index < -0.39 is 0 Å². The summed E-state index contributed by atoms with van der Waals surface area (Å²) in [6, 6.07) is 0. The molecule has 2 heterocycles. The lowest BCUT2D eigenvalue weighted by molar-refractivity contribution is 0.0298. The van der Waals surface area contributed by atoms with Crippen LogP contribution in [0.4, 0.5) is 0 Å². The molecule has 1 aromatic heterocycles. The maximum atomic E-state index is 12.5. The molecule has 0 atom stereocenters. The summed E-state index contributed by atoms with van der Waals surface area (Å²) in [5, 5.41) is 4.39. The first-order valence-electron chi connectivity index (χ1n) is 6.54. The van der Waals surface area contributed by atoms with Crippen molar-refractivity contribution in [2.24, 2.45) is 7.05 Å². The van der Waals surface area contributed by atoms with Gasteiger partial charge in [-0.1, -0.05) is 13.3 Å². The van der Waals surface area contributed by atoms with E-state index in [-0.39, 0.29) is 5.91 Å². The van der Waals surface area contributed by atoms with Crippen LogP contribution in [0.1, 0.15) is 35.1 Å². The van der Waals surface area contributed by atoms with Crippen LogP contribution < -0.4 is 0 Å². The van der Waals surface area contributed by atoms with Gasteiger partial charge in [0.1, 0.15) is 0 Å². The van der Waals surface area contributed by atoms with Crippen LogP contribution in [0.2, 0.25) is 0 Å². The number of carbonyl (C=O) groups is 1. The molecule has 1 aromatic rings. The van der Waals surface area contributed by atoms with E-state index in [2.05, 4.69) is 12.0 Å². The smallest absolute Gasteiger partial charge is 0.274 e. The first kappa shape index (κ1) is 13.1. The molecule has 1 aliphatic heterocycles. The first-order chi connectivity index (χ1) is 8.65.